The second kappa shape index (κ2) is 5.18. The van der Waals surface area contributed by atoms with Gasteiger partial charge in [-0.3, -0.25) is 0 Å². The van der Waals surface area contributed by atoms with E-state index in [9.17, 15) is 0 Å². The van der Waals surface area contributed by atoms with Crippen molar-refractivity contribution in [3.8, 4) is 0 Å². The molecular weight excluding hydrogens is 232 g/mol. The van der Waals surface area contributed by atoms with Crippen molar-refractivity contribution in [2.24, 2.45) is 5.41 Å². The van der Waals surface area contributed by atoms with Crippen molar-refractivity contribution >= 4 is 23.0 Å². The van der Waals surface area contributed by atoms with E-state index in [1.54, 1.807) is 6.07 Å². The molecular formula is C14H21ClN2. The smallest absolute Gasteiger partial charge is 0.0657 e. The van der Waals surface area contributed by atoms with Crippen LogP contribution < -0.4 is 11.1 Å². The third-order valence-corrected chi connectivity index (χ3v) is 4.07. The highest BCUT2D eigenvalue weighted by Crippen LogP contribution is 2.36. The largest absolute Gasteiger partial charge is 0.399 e. The zero-order valence-electron chi connectivity index (χ0n) is 10.4. The van der Waals surface area contributed by atoms with Gasteiger partial charge in [0.25, 0.3) is 0 Å². The Hall–Kier alpha value is -0.890. The summed E-state index contributed by atoms with van der Waals surface area (Å²) in [6.45, 7) is 3.36. The highest BCUT2D eigenvalue weighted by atomic mass is 35.5. The molecule has 3 heteroatoms. The predicted molar refractivity (Wildman–Crippen MR) is 75.5 cm³/mol. The molecule has 0 unspecified atom stereocenters. The van der Waals surface area contributed by atoms with Crippen molar-refractivity contribution in [1.29, 1.82) is 0 Å². The van der Waals surface area contributed by atoms with Crippen LogP contribution >= 0.6 is 11.6 Å². The van der Waals surface area contributed by atoms with Gasteiger partial charge in [-0.15, -0.1) is 0 Å². The van der Waals surface area contributed by atoms with Crippen LogP contribution in [0.3, 0.4) is 0 Å². The van der Waals surface area contributed by atoms with E-state index in [0.717, 1.165) is 12.2 Å². The molecule has 0 aromatic heterocycles. The lowest BCUT2D eigenvalue weighted by atomic mass is 9.76. The molecule has 0 radical (unpaired) electrons. The van der Waals surface area contributed by atoms with Gasteiger partial charge >= 0.3 is 0 Å². The first-order valence-corrected chi connectivity index (χ1v) is 6.76. The Bertz CT molecular complexity index is 384. The lowest BCUT2D eigenvalue weighted by molar-refractivity contribution is 0.233. The highest BCUT2D eigenvalue weighted by molar-refractivity contribution is 6.33. The van der Waals surface area contributed by atoms with E-state index in [4.69, 9.17) is 17.3 Å². The zero-order valence-corrected chi connectivity index (χ0v) is 11.2. The lowest BCUT2D eigenvalue weighted by Crippen LogP contribution is -2.28. The first-order chi connectivity index (χ1) is 8.09. The maximum absolute atomic E-state index is 6.15. The molecule has 0 amide bonds. The van der Waals surface area contributed by atoms with Gasteiger partial charge < -0.3 is 11.1 Å². The number of anilines is 2. The van der Waals surface area contributed by atoms with Crippen molar-refractivity contribution in [3.05, 3.63) is 23.2 Å². The fraction of sp³-hybridized carbons (Fsp3) is 0.571. The average molecular weight is 253 g/mol. The molecule has 2 rings (SSSR count). The van der Waals surface area contributed by atoms with Gasteiger partial charge in [-0.2, -0.15) is 0 Å². The molecule has 0 atom stereocenters. The van der Waals surface area contributed by atoms with Crippen molar-refractivity contribution in [3.63, 3.8) is 0 Å². The van der Waals surface area contributed by atoms with Crippen LogP contribution in [0.25, 0.3) is 0 Å². The van der Waals surface area contributed by atoms with E-state index < -0.39 is 0 Å². The molecule has 2 nitrogen and oxygen atoms in total. The molecule has 3 N–H and O–H groups in total. The van der Waals surface area contributed by atoms with Crippen LogP contribution in [-0.4, -0.2) is 6.54 Å². The number of hydrogen-bond donors (Lipinski definition) is 2. The van der Waals surface area contributed by atoms with Crippen molar-refractivity contribution in [1.82, 2.24) is 0 Å². The number of nitrogens with two attached hydrogens (primary N) is 1. The van der Waals surface area contributed by atoms with Crippen LogP contribution in [0.4, 0.5) is 11.4 Å². The van der Waals surface area contributed by atoms with E-state index in [0.29, 0.717) is 16.1 Å². The third-order valence-electron chi connectivity index (χ3n) is 3.76. The molecule has 1 aliphatic rings. The van der Waals surface area contributed by atoms with Gasteiger partial charge in [0.1, 0.15) is 0 Å². The summed E-state index contributed by atoms with van der Waals surface area (Å²) >= 11 is 6.15. The molecule has 17 heavy (non-hydrogen) atoms. The summed E-state index contributed by atoms with van der Waals surface area (Å²) < 4.78 is 0. The third kappa shape index (κ3) is 3.29. The molecule has 0 heterocycles. The van der Waals surface area contributed by atoms with Crippen LogP contribution in [0, 0.1) is 5.41 Å². The normalized spacial score (nSPS) is 18.9. The molecule has 0 aliphatic heterocycles. The number of halogens is 1. The van der Waals surface area contributed by atoms with Crippen molar-refractivity contribution in [2.75, 3.05) is 17.6 Å². The minimum atomic E-state index is 0.420. The minimum absolute atomic E-state index is 0.420. The molecule has 1 aromatic carbocycles. The Balaban J connectivity index is 1.97. The van der Waals surface area contributed by atoms with Crippen molar-refractivity contribution in [2.45, 2.75) is 39.0 Å². The van der Waals surface area contributed by atoms with Gasteiger partial charge in [0.2, 0.25) is 0 Å². The van der Waals surface area contributed by atoms with Crippen LogP contribution in [-0.2, 0) is 0 Å². The molecule has 1 saturated carbocycles. The summed E-state index contributed by atoms with van der Waals surface area (Å²) in [6.07, 6.45) is 6.72. The van der Waals surface area contributed by atoms with Gasteiger partial charge in [-0.05, 0) is 36.5 Å². The van der Waals surface area contributed by atoms with Gasteiger partial charge in [0.15, 0.2) is 0 Å². The summed E-state index contributed by atoms with van der Waals surface area (Å²) in [5.74, 6) is 0. The van der Waals surface area contributed by atoms with Crippen molar-refractivity contribution < 1.29 is 0 Å². The number of nitrogens with one attached hydrogen (secondary N) is 1. The van der Waals surface area contributed by atoms with Gasteiger partial charge in [0.05, 0.1) is 10.7 Å². The summed E-state index contributed by atoms with van der Waals surface area (Å²) in [6, 6.07) is 5.65. The van der Waals surface area contributed by atoms with Crippen LogP contribution in [0.15, 0.2) is 18.2 Å². The first kappa shape index (κ1) is 12.6. The number of hydrogen-bond acceptors (Lipinski definition) is 2. The van der Waals surface area contributed by atoms with E-state index >= 15 is 0 Å². The molecule has 0 saturated heterocycles. The Morgan fingerprint density at radius 2 is 2.00 bits per heavy atom. The SMILES string of the molecule is CC1(CNc2ccc(N)cc2Cl)CCCCC1. The monoisotopic (exact) mass is 252 g/mol. The average Bonchev–Trinajstić information content (AvgIpc) is 2.29. The Kier molecular flexibility index (Phi) is 3.82. The fourth-order valence-corrected chi connectivity index (χ4v) is 2.82. The number of benzene rings is 1. The standard InChI is InChI=1S/C14H21ClN2/c1-14(7-3-2-4-8-14)10-17-13-6-5-11(16)9-12(13)15/h5-6,9,17H,2-4,7-8,10,16H2,1H3. The van der Waals surface area contributed by atoms with Gasteiger partial charge in [0, 0.05) is 12.2 Å². The van der Waals surface area contributed by atoms with E-state index in [-0.39, 0.29) is 0 Å². The highest BCUT2D eigenvalue weighted by Gasteiger charge is 2.26. The Morgan fingerprint density at radius 3 is 2.65 bits per heavy atom. The molecule has 0 bridgehead atoms. The minimum Gasteiger partial charge on any atom is -0.399 e. The summed E-state index contributed by atoms with van der Waals surface area (Å²) in [5, 5.41) is 4.18. The molecule has 1 fully saturated rings. The maximum Gasteiger partial charge on any atom is 0.0657 e. The van der Waals surface area contributed by atoms with E-state index in [1.165, 1.54) is 32.1 Å². The second-order valence-corrected chi connectivity index (χ2v) is 5.87. The van der Waals surface area contributed by atoms with E-state index in [1.807, 2.05) is 12.1 Å². The van der Waals surface area contributed by atoms with Crippen LogP contribution in [0.2, 0.25) is 5.02 Å². The summed E-state index contributed by atoms with van der Waals surface area (Å²) in [5.41, 5.74) is 7.81. The number of nitrogen functional groups attached to an aromatic ring is 1. The topological polar surface area (TPSA) is 38.0 Å². The number of rotatable bonds is 3. The zero-order chi connectivity index (χ0) is 12.3. The lowest BCUT2D eigenvalue weighted by Gasteiger charge is -2.34. The summed E-state index contributed by atoms with van der Waals surface area (Å²) in [4.78, 5) is 0. The fourth-order valence-electron chi connectivity index (χ4n) is 2.57. The van der Waals surface area contributed by atoms with Crippen LogP contribution in [0.1, 0.15) is 39.0 Å². The molecule has 94 valence electrons. The quantitative estimate of drug-likeness (QED) is 0.787. The molecule has 1 aliphatic carbocycles. The Labute approximate surface area is 109 Å². The van der Waals surface area contributed by atoms with E-state index in [2.05, 4.69) is 12.2 Å². The second-order valence-electron chi connectivity index (χ2n) is 5.46. The molecule has 1 aromatic rings. The maximum atomic E-state index is 6.15. The Morgan fingerprint density at radius 1 is 1.29 bits per heavy atom. The van der Waals surface area contributed by atoms with Crippen LogP contribution in [0.5, 0.6) is 0 Å². The van der Waals surface area contributed by atoms with Gasteiger partial charge in [-0.1, -0.05) is 37.8 Å². The summed E-state index contributed by atoms with van der Waals surface area (Å²) in [7, 11) is 0. The first-order valence-electron chi connectivity index (χ1n) is 6.38. The van der Waals surface area contributed by atoms with Gasteiger partial charge in [-0.25, -0.2) is 0 Å². The molecule has 0 spiro atoms. The predicted octanol–water partition coefficient (Wildman–Crippen LogP) is 4.30.